The fourth-order valence-corrected chi connectivity index (χ4v) is 2.43. The van der Waals surface area contributed by atoms with E-state index in [-0.39, 0.29) is 5.91 Å². The van der Waals surface area contributed by atoms with Crippen LogP contribution in [0.25, 0.3) is 0 Å². The van der Waals surface area contributed by atoms with Gasteiger partial charge in [0.2, 0.25) is 0 Å². The maximum atomic E-state index is 11.8. The maximum absolute atomic E-state index is 11.8. The summed E-state index contributed by atoms with van der Waals surface area (Å²) in [6.45, 7) is 5.04. The molecule has 1 saturated heterocycles. The van der Waals surface area contributed by atoms with E-state index >= 15 is 0 Å². The van der Waals surface area contributed by atoms with Gasteiger partial charge in [0, 0.05) is 13.6 Å². The molecule has 0 aromatic carbocycles. The Bertz CT molecular complexity index is 469. The Hall–Kier alpha value is -1.69. The minimum Gasteiger partial charge on any atom is -0.383 e. The van der Waals surface area contributed by atoms with Crippen molar-refractivity contribution in [3.8, 4) is 0 Å². The highest BCUT2D eigenvalue weighted by Crippen LogP contribution is 2.19. The standard InChI is InChI=1S/C14H23N5O/c1-10-8-12(13(18-17-10)14(20)15-2)16-9-11-4-6-19(3)7-5-11/h8,11H,4-7,9H2,1-3H3,(H,15,20)(H,16,17). The molecule has 6 heteroatoms. The van der Waals surface area contributed by atoms with Crippen molar-refractivity contribution in [2.24, 2.45) is 5.92 Å². The van der Waals surface area contributed by atoms with Crippen LogP contribution in [0.2, 0.25) is 0 Å². The number of carbonyl (C=O) groups is 1. The number of likely N-dealkylation sites (tertiary alicyclic amines) is 1. The molecule has 0 saturated carbocycles. The topological polar surface area (TPSA) is 70.1 Å². The first-order chi connectivity index (χ1) is 9.60. The van der Waals surface area contributed by atoms with E-state index in [1.165, 1.54) is 12.8 Å². The molecule has 20 heavy (non-hydrogen) atoms. The summed E-state index contributed by atoms with van der Waals surface area (Å²) in [5.74, 6) is 0.445. The zero-order valence-electron chi connectivity index (χ0n) is 12.4. The molecule has 1 amide bonds. The van der Waals surface area contributed by atoms with E-state index in [9.17, 15) is 4.79 Å². The third-order valence-electron chi connectivity index (χ3n) is 3.78. The molecular weight excluding hydrogens is 254 g/mol. The van der Waals surface area contributed by atoms with Crippen molar-refractivity contribution in [1.82, 2.24) is 20.4 Å². The molecule has 1 fully saturated rings. The summed E-state index contributed by atoms with van der Waals surface area (Å²) >= 11 is 0. The van der Waals surface area contributed by atoms with E-state index in [1.807, 2.05) is 13.0 Å². The Labute approximate surface area is 120 Å². The quantitative estimate of drug-likeness (QED) is 0.855. The minimum absolute atomic E-state index is 0.205. The fraction of sp³-hybridized carbons (Fsp3) is 0.643. The van der Waals surface area contributed by atoms with E-state index in [0.29, 0.717) is 11.6 Å². The van der Waals surface area contributed by atoms with Crippen LogP contribution < -0.4 is 10.6 Å². The molecular formula is C14H23N5O. The maximum Gasteiger partial charge on any atom is 0.273 e. The van der Waals surface area contributed by atoms with Crippen LogP contribution in [0.5, 0.6) is 0 Å². The fourth-order valence-electron chi connectivity index (χ4n) is 2.43. The SMILES string of the molecule is CNC(=O)c1nnc(C)cc1NCC1CCN(C)CC1. The van der Waals surface area contributed by atoms with Crippen LogP contribution in [-0.4, -0.2) is 54.7 Å². The molecule has 1 aliphatic rings. The predicted octanol–water partition coefficient (Wildman–Crippen LogP) is 0.898. The zero-order valence-corrected chi connectivity index (χ0v) is 12.4. The number of amides is 1. The first-order valence-corrected chi connectivity index (χ1v) is 7.09. The second-order valence-electron chi connectivity index (χ2n) is 5.45. The van der Waals surface area contributed by atoms with Crippen molar-refractivity contribution in [3.63, 3.8) is 0 Å². The third-order valence-corrected chi connectivity index (χ3v) is 3.78. The number of nitrogens with zero attached hydrogens (tertiary/aromatic N) is 3. The summed E-state index contributed by atoms with van der Waals surface area (Å²) < 4.78 is 0. The normalized spacial score (nSPS) is 16.9. The second-order valence-corrected chi connectivity index (χ2v) is 5.45. The molecule has 0 spiro atoms. The van der Waals surface area contributed by atoms with Crippen molar-refractivity contribution in [2.75, 3.05) is 39.0 Å². The summed E-state index contributed by atoms with van der Waals surface area (Å²) in [4.78, 5) is 14.1. The van der Waals surface area contributed by atoms with Crippen molar-refractivity contribution in [1.29, 1.82) is 0 Å². The minimum atomic E-state index is -0.205. The number of carbonyl (C=O) groups excluding carboxylic acids is 1. The van der Waals surface area contributed by atoms with Crippen molar-refractivity contribution < 1.29 is 4.79 Å². The van der Waals surface area contributed by atoms with Gasteiger partial charge in [-0.05, 0) is 51.9 Å². The van der Waals surface area contributed by atoms with Gasteiger partial charge >= 0.3 is 0 Å². The average Bonchev–Trinajstić information content (AvgIpc) is 2.46. The molecule has 0 unspecified atom stereocenters. The molecule has 0 radical (unpaired) electrons. The number of hydrogen-bond acceptors (Lipinski definition) is 5. The van der Waals surface area contributed by atoms with Gasteiger partial charge < -0.3 is 15.5 Å². The summed E-state index contributed by atoms with van der Waals surface area (Å²) in [7, 11) is 3.76. The lowest BCUT2D eigenvalue weighted by atomic mass is 9.97. The first kappa shape index (κ1) is 14.7. The van der Waals surface area contributed by atoms with E-state index in [0.717, 1.165) is 31.0 Å². The number of nitrogens with one attached hydrogen (secondary N) is 2. The van der Waals surface area contributed by atoms with Crippen LogP contribution in [0.3, 0.4) is 0 Å². The van der Waals surface area contributed by atoms with Gasteiger partial charge in [0.05, 0.1) is 11.4 Å². The molecule has 0 aliphatic carbocycles. The summed E-state index contributed by atoms with van der Waals surface area (Å²) in [5, 5.41) is 13.9. The van der Waals surface area contributed by atoms with E-state index < -0.39 is 0 Å². The Morgan fingerprint density at radius 2 is 2.10 bits per heavy atom. The van der Waals surface area contributed by atoms with Crippen molar-refractivity contribution >= 4 is 11.6 Å². The monoisotopic (exact) mass is 277 g/mol. The van der Waals surface area contributed by atoms with Gasteiger partial charge in [-0.1, -0.05) is 0 Å². The molecule has 0 bridgehead atoms. The number of rotatable bonds is 4. The number of hydrogen-bond donors (Lipinski definition) is 2. The molecule has 2 N–H and O–H groups in total. The van der Waals surface area contributed by atoms with Gasteiger partial charge in [-0.2, -0.15) is 5.10 Å². The number of piperidine rings is 1. The third kappa shape index (κ3) is 3.66. The number of anilines is 1. The lowest BCUT2D eigenvalue weighted by Crippen LogP contribution is -2.33. The van der Waals surface area contributed by atoms with E-state index in [4.69, 9.17) is 0 Å². The van der Waals surface area contributed by atoms with Crippen LogP contribution >= 0.6 is 0 Å². The van der Waals surface area contributed by atoms with Gasteiger partial charge in [0.1, 0.15) is 0 Å². The first-order valence-electron chi connectivity index (χ1n) is 7.09. The second kappa shape index (κ2) is 6.65. The molecule has 1 aromatic rings. The summed E-state index contributed by atoms with van der Waals surface area (Å²) in [6, 6.07) is 1.88. The van der Waals surface area contributed by atoms with Gasteiger partial charge in [0.25, 0.3) is 5.91 Å². The molecule has 2 rings (SSSR count). The molecule has 1 aromatic heterocycles. The Balaban J connectivity index is 2.01. The molecule has 2 heterocycles. The van der Waals surface area contributed by atoms with Gasteiger partial charge in [-0.15, -0.1) is 5.10 Å². The molecule has 110 valence electrons. The van der Waals surface area contributed by atoms with Crippen LogP contribution in [0, 0.1) is 12.8 Å². The van der Waals surface area contributed by atoms with Gasteiger partial charge in [0.15, 0.2) is 5.69 Å². The molecule has 6 nitrogen and oxygen atoms in total. The van der Waals surface area contributed by atoms with Crippen LogP contribution in [0.1, 0.15) is 29.0 Å². The predicted molar refractivity (Wildman–Crippen MR) is 78.9 cm³/mol. The Morgan fingerprint density at radius 1 is 1.40 bits per heavy atom. The van der Waals surface area contributed by atoms with Crippen LogP contribution in [0.4, 0.5) is 5.69 Å². The molecule has 1 aliphatic heterocycles. The summed E-state index contributed by atoms with van der Waals surface area (Å²) in [6.07, 6.45) is 2.38. The largest absolute Gasteiger partial charge is 0.383 e. The lowest BCUT2D eigenvalue weighted by molar-refractivity contribution is 0.0958. The highest BCUT2D eigenvalue weighted by atomic mass is 16.1. The number of aryl methyl sites for hydroxylation is 1. The highest BCUT2D eigenvalue weighted by molar-refractivity contribution is 5.97. The van der Waals surface area contributed by atoms with Gasteiger partial charge in [-0.3, -0.25) is 4.79 Å². The Morgan fingerprint density at radius 3 is 2.75 bits per heavy atom. The average molecular weight is 277 g/mol. The lowest BCUT2D eigenvalue weighted by Gasteiger charge is -2.29. The van der Waals surface area contributed by atoms with Crippen LogP contribution in [-0.2, 0) is 0 Å². The molecule has 0 atom stereocenters. The zero-order chi connectivity index (χ0) is 14.5. The van der Waals surface area contributed by atoms with E-state index in [1.54, 1.807) is 7.05 Å². The van der Waals surface area contributed by atoms with Crippen molar-refractivity contribution in [3.05, 3.63) is 17.5 Å². The smallest absolute Gasteiger partial charge is 0.273 e. The highest BCUT2D eigenvalue weighted by Gasteiger charge is 2.18. The van der Waals surface area contributed by atoms with E-state index in [2.05, 4.69) is 32.8 Å². The van der Waals surface area contributed by atoms with Crippen molar-refractivity contribution in [2.45, 2.75) is 19.8 Å². The number of aromatic nitrogens is 2. The van der Waals surface area contributed by atoms with Crippen LogP contribution in [0.15, 0.2) is 6.07 Å². The van der Waals surface area contributed by atoms with Gasteiger partial charge in [-0.25, -0.2) is 0 Å². The summed E-state index contributed by atoms with van der Waals surface area (Å²) in [5.41, 5.74) is 1.95. The Kier molecular flexibility index (Phi) is 4.89.